The van der Waals surface area contributed by atoms with E-state index in [1.807, 2.05) is 13.8 Å². The number of amides is 1. The molecule has 0 radical (unpaired) electrons. The highest BCUT2D eigenvalue weighted by Gasteiger charge is 2.24. The number of anilines is 1. The predicted molar refractivity (Wildman–Crippen MR) is 104 cm³/mol. The van der Waals surface area contributed by atoms with E-state index in [4.69, 9.17) is 4.52 Å². The Morgan fingerprint density at radius 1 is 1.19 bits per heavy atom. The van der Waals surface area contributed by atoms with Crippen LogP contribution in [0.1, 0.15) is 42.8 Å². The van der Waals surface area contributed by atoms with Crippen LogP contribution >= 0.6 is 0 Å². The maximum Gasteiger partial charge on any atom is 0.243 e. The van der Waals surface area contributed by atoms with Gasteiger partial charge in [-0.25, -0.2) is 8.42 Å². The zero-order chi connectivity index (χ0) is 20.2. The molecule has 1 aromatic carbocycles. The lowest BCUT2D eigenvalue weighted by Crippen LogP contribution is -2.31. The summed E-state index contributed by atoms with van der Waals surface area (Å²) in [5.74, 6) is 0.522. The molecule has 0 saturated carbocycles. The van der Waals surface area contributed by atoms with E-state index in [1.54, 1.807) is 32.9 Å². The second kappa shape index (κ2) is 8.67. The van der Waals surface area contributed by atoms with Crippen LogP contribution in [-0.2, 0) is 21.2 Å². The van der Waals surface area contributed by atoms with Gasteiger partial charge in [0.05, 0.1) is 10.6 Å². The smallest absolute Gasteiger partial charge is 0.243 e. The summed E-state index contributed by atoms with van der Waals surface area (Å²) < 4.78 is 32.1. The number of sulfonamides is 1. The minimum atomic E-state index is -3.59. The van der Waals surface area contributed by atoms with Crippen molar-refractivity contribution in [2.24, 2.45) is 0 Å². The van der Waals surface area contributed by atoms with Gasteiger partial charge in [0, 0.05) is 30.8 Å². The minimum Gasteiger partial charge on any atom is -0.361 e. The molecule has 0 atom stereocenters. The first-order chi connectivity index (χ1) is 12.7. The van der Waals surface area contributed by atoms with Crippen molar-refractivity contribution in [3.63, 3.8) is 0 Å². The second-order valence-electron chi connectivity index (χ2n) is 6.42. The van der Waals surface area contributed by atoms with E-state index in [2.05, 4.69) is 10.5 Å². The molecular weight excluding hydrogens is 366 g/mol. The Morgan fingerprint density at radius 2 is 1.85 bits per heavy atom. The fourth-order valence-corrected chi connectivity index (χ4v) is 4.69. The molecule has 148 valence electrons. The molecular formula is C19H27N3O4S. The first-order valence-corrected chi connectivity index (χ1v) is 10.5. The molecule has 1 amide bonds. The number of rotatable bonds is 8. The largest absolute Gasteiger partial charge is 0.361 e. The quantitative estimate of drug-likeness (QED) is 0.743. The molecule has 1 N–H and O–H groups in total. The Labute approximate surface area is 160 Å². The maximum atomic E-state index is 12.8. The molecule has 0 aliphatic rings. The molecule has 0 fully saturated rings. The summed E-state index contributed by atoms with van der Waals surface area (Å²) in [6.07, 6.45) is 0.776. The van der Waals surface area contributed by atoms with Crippen molar-refractivity contribution in [2.45, 2.75) is 52.4 Å². The van der Waals surface area contributed by atoms with E-state index in [0.29, 0.717) is 36.5 Å². The van der Waals surface area contributed by atoms with Crippen molar-refractivity contribution in [3.8, 4) is 0 Å². The molecule has 2 aromatic rings. The minimum absolute atomic E-state index is 0.190. The predicted octanol–water partition coefficient (Wildman–Crippen LogP) is 3.20. The van der Waals surface area contributed by atoms with Gasteiger partial charge in [0.25, 0.3) is 0 Å². The number of benzene rings is 1. The second-order valence-corrected chi connectivity index (χ2v) is 8.33. The van der Waals surface area contributed by atoms with Gasteiger partial charge in [-0.05, 0) is 44.9 Å². The first-order valence-electron chi connectivity index (χ1n) is 9.03. The van der Waals surface area contributed by atoms with E-state index in [1.165, 1.54) is 10.4 Å². The highest BCUT2D eigenvalue weighted by Crippen LogP contribution is 2.24. The van der Waals surface area contributed by atoms with E-state index in [9.17, 15) is 13.2 Å². The lowest BCUT2D eigenvalue weighted by molar-refractivity contribution is -0.116. The van der Waals surface area contributed by atoms with Crippen molar-refractivity contribution in [1.82, 2.24) is 9.46 Å². The van der Waals surface area contributed by atoms with Crippen LogP contribution in [0.25, 0.3) is 0 Å². The molecule has 27 heavy (non-hydrogen) atoms. The third-order valence-corrected chi connectivity index (χ3v) is 6.77. The molecule has 1 heterocycles. The van der Waals surface area contributed by atoms with Crippen LogP contribution < -0.4 is 5.32 Å². The summed E-state index contributed by atoms with van der Waals surface area (Å²) >= 11 is 0. The van der Waals surface area contributed by atoms with E-state index in [-0.39, 0.29) is 17.2 Å². The Morgan fingerprint density at radius 3 is 2.41 bits per heavy atom. The number of nitrogens with zero attached hydrogens (tertiary/aromatic N) is 2. The molecule has 0 saturated heterocycles. The normalized spacial score (nSPS) is 11.8. The van der Waals surface area contributed by atoms with Gasteiger partial charge in [0.1, 0.15) is 5.76 Å². The number of carbonyl (C=O) groups excluding carboxylic acids is 1. The van der Waals surface area contributed by atoms with Gasteiger partial charge >= 0.3 is 0 Å². The Balaban J connectivity index is 2.15. The topological polar surface area (TPSA) is 92.5 Å². The van der Waals surface area contributed by atoms with Crippen molar-refractivity contribution < 1.29 is 17.7 Å². The zero-order valence-electron chi connectivity index (χ0n) is 16.5. The fraction of sp³-hybridized carbons (Fsp3) is 0.474. The first kappa shape index (κ1) is 21.1. The zero-order valence-corrected chi connectivity index (χ0v) is 17.3. The number of aryl methyl sites for hydroxylation is 3. The lowest BCUT2D eigenvalue weighted by Gasteiger charge is -2.20. The number of hydrogen-bond acceptors (Lipinski definition) is 5. The third kappa shape index (κ3) is 4.75. The van der Waals surface area contributed by atoms with Gasteiger partial charge in [-0.15, -0.1) is 0 Å². The summed E-state index contributed by atoms with van der Waals surface area (Å²) in [7, 11) is -3.59. The Hall–Kier alpha value is -2.19. The summed E-state index contributed by atoms with van der Waals surface area (Å²) in [5.41, 5.74) is 2.83. The van der Waals surface area contributed by atoms with Gasteiger partial charge in [-0.1, -0.05) is 25.1 Å². The molecule has 7 nitrogen and oxygen atoms in total. The highest BCUT2D eigenvalue weighted by molar-refractivity contribution is 7.89. The summed E-state index contributed by atoms with van der Waals surface area (Å²) in [6, 6.07) is 4.95. The molecule has 8 heteroatoms. The fourth-order valence-electron chi connectivity index (χ4n) is 2.98. The van der Waals surface area contributed by atoms with Crippen molar-refractivity contribution in [1.29, 1.82) is 0 Å². The molecule has 0 aliphatic carbocycles. The highest BCUT2D eigenvalue weighted by atomic mass is 32.2. The van der Waals surface area contributed by atoms with Crippen molar-refractivity contribution in [2.75, 3.05) is 18.4 Å². The lowest BCUT2D eigenvalue weighted by atomic mass is 10.1. The van der Waals surface area contributed by atoms with Crippen molar-refractivity contribution in [3.05, 3.63) is 40.8 Å². The number of carbonyl (C=O) groups is 1. The van der Waals surface area contributed by atoms with Crippen LogP contribution in [0.15, 0.2) is 27.6 Å². The molecule has 2 rings (SSSR count). The average molecular weight is 394 g/mol. The summed E-state index contributed by atoms with van der Waals surface area (Å²) in [5, 5.41) is 6.67. The SMILES string of the molecule is CCN(CC)S(=O)(=O)c1cc(NC(=O)CCc2c(C)noc2C)ccc1C. The van der Waals surface area contributed by atoms with Crippen LogP contribution in [0.2, 0.25) is 0 Å². The number of nitrogens with one attached hydrogen (secondary N) is 1. The molecule has 0 spiro atoms. The number of aromatic nitrogens is 1. The summed E-state index contributed by atoms with van der Waals surface area (Å²) in [6.45, 7) is 9.80. The summed E-state index contributed by atoms with van der Waals surface area (Å²) in [4.78, 5) is 12.5. The van der Waals surface area contributed by atoms with Gasteiger partial charge in [0.2, 0.25) is 15.9 Å². The standard InChI is InChI=1S/C19H27N3O4S/c1-6-22(7-2)27(24,25)18-12-16(9-8-13(18)3)20-19(23)11-10-17-14(4)21-26-15(17)5/h8-9,12H,6-7,10-11H2,1-5H3,(H,20,23). The van der Waals surface area contributed by atoms with Crippen molar-refractivity contribution >= 4 is 21.6 Å². The van der Waals surface area contributed by atoms with E-state index >= 15 is 0 Å². The maximum absolute atomic E-state index is 12.8. The molecule has 1 aromatic heterocycles. The monoisotopic (exact) mass is 393 g/mol. The van der Waals surface area contributed by atoms with E-state index in [0.717, 1.165) is 11.3 Å². The Bertz CT molecular complexity index is 896. The van der Waals surface area contributed by atoms with Crippen LogP contribution in [0.3, 0.4) is 0 Å². The Kier molecular flexibility index (Phi) is 6.78. The van der Waals surface area contributed by atoms with Gasteiger partial charge in [0.15, 0.2) is 0 Å². The van der Waals surface area contributed by atoms with Gasteiger partial charge in [-0.3, -0.25) is 4.79 Å². The van der Waals surface area contributed by atoms with Crippen LogP contribution in [0.5, 0.6) is 0 Å². The van der Waals surface area contributed by atoms with Gasteiger partial charge in [-0.2, -0.15) is 4.31 Å². The van der Waals surface area contributed by atoms with Gasteiger partial charge < -0.3 is 9.84 Å². The average Bonchev–Trinajstić information content (AvgIpc) is 2.93. The van der Waals surface area contributed by atoms with Crippen LogP contribution in [0.4, 0.5) is 5.69 Å². The van der Waals surface area contributed by atoms with Crippen LogP contribution in [-0.4, -0.2) is 36.9 Å². The van der Waals surface area contributed by atoms with E-state index < -0.39 is 10.0 Å². The third-order valence-electron chi connectivity index (χ3n) is 4.58. The number of hydrogen-bond donors (Lipinski definition) is 1. The molecule has 0 aliphatic heterocycles. The molecule has 0 bridgehead atoms. The van der Waals surface area contributed by atoms with Crippen LogP contribution in [0, 0.1) is 20.8 Å². The molecule has 0 unspecified atom stereocenters.